The number of rotatable bonds is 5. The Hall–Kier alpha value is -1.40. The molecule has 0 spiro atoms. The van der Waals surface area contributed by atoms with Crippen molar-refractivity contribution >= 4 is 28.6 Å². The largest absolute Gasteiger partial charge is 0.350 e. The van der Waals surface area contributed by atoms with Crippen molar-refractivity contribution in [2.24, 2.45) is 4.99 Å². The van der Waals surface area contributed by atoms with E-state index < -0.39 is 0 Å². The van der Waals surface area contributed by atoms with Crippen molar-refractivity contribution in [3.8, 4) is 0 Å². The quantitative estimate of drug-likeness (QED) is 0.682. The number of hydrogen-bond acceptors (Lipinski definition) is 4. The number of thiazole rings is 1. The first-order valence-electron chi connectivity index (χ1n) is 6.54. The standard InChI is InChI=1S/C14H20N4S2/c1-11-9-16-13(20-11)10-17-14(15-2)18(3)7-6-12-5-4-8-19-12/h4-5,8-9H,6-7,10H2,1-3H3,(H,15,17). The molecular formula is C14H20N4S2. The second-order valence-corrected chi connectivity index (χ2v) is 6.87. The van der Waals surface area contributed by atoms with Crippen LogP contribution in [0.5, 0.6) is 0 Å². The van der Waals surface area contributed by atoms with Gasteiger partial charge in [0.1, 0.15) is 5.01 Å². The number of likely N-dealkylation sites (N-methyl/N-ethyl adjacent to an activating group) is 1. The van der Waals surface area contributed by atoms with Gasteiger partial charge in [-0.1, -0.05) is 6.07 Å². The second kappa shape index (κ2) is 7.40. The number of hydrogen-bond donors (Lipinski definition) is 1. The summed E-state index contributed by atoms with van der Waals surface area (Å²) in [6.45, 7) is 3.76. The van der Waals surface area contributed by atoms with E-state index in [0.717, 1.165) is 30.5 Å². The third kappa shape index (κ3) is 4.31. The monoisotopic (exact) mass is 308 g/mol. The van der Waals surface area contributed by atoms with Crippen LogP contribution in [-0.2, 0) is 13.0 Å². The van der Waals surface area contributed by atoms with Crippen LogP contribution in [0.2, 0.25) is 0 Å². The zero-order chi connectivity index (χ0) is 14.4. The molecule has 0 aliphatic carbocycles. The first kappa shape index (κ1) is 15.0. The molecule has 4 nitrogen and oxygen atoms in total. The molecule has 1 N–H and O–H groups in total. The summed E-state index contributed by atoms with van der Waals surface area (Å²) in [6, 6.07) is 4.27. The molecule has 108 valence electrons. The van der Waals surface area contributed by atoms with Crippen LogP contribution in [0.25, 0.3) is 0 Å². The van der Waals surface area contributed by atoms with Crippen LogP contribution in [0.3, 0.4) is 0 Å². The molecule has 0 saturated carbocycles. The minimum Gasteiger partial charge on any atom is -0.350 e. The van der Waals surface area contributed by atoms with Crippen molar-refractivity contribution < 1.29 is 0 Å². The maximum absolute atomic E-state index is 4.35. The zero-order valence-electron chi connectivity index (χ0n) is 12.1. The minimum absolute atomic E-state index is 0.731. The molecule has 2 aromatic heterocycles. The Morgan fingerprint density at radius 3 is 2.95 bits per heavy atom. The molecule has 0 bridgehead atoms. The SMILES string of the molecule is CN=C(NCc1ncc(C)s1)N(C)CCc1cccs1. The maximum Gasteiger partial charge on any atom is 0.193 e. The smallest absolute Gasteiger partial charge is 0.193 e. The van der Waals surface area contributed by atoms with Crippen LogP contribution < -0.4 is 5.32 Å². The predicted octanol–water partition coefficient (Wildman–Crippen LogP) is 2.76. The summed E-state index contributed by atoms with van der Waals surface area (Å²) in [4.78, 5) is 13.5. The van der Waals surface area contributed by atoms with Crippen LogP contribution in [-0.4, -0.2) is 36.5 Å². The van der Waals surface area contributed by atoms with Gasteiger partial charge in [0.15, 0.2) is 5.96 Å². The molecule has 0 atom stereocenters. The van der Waals surface area contributed by atoms with E-state index in [4.69, 9.17) is 0 Å². The number of aryl methyl sites for hydroxylation is 1. The van der Waals surface area contributed by atoms with Crippen molar-refractivity contribution in [2.75, 3.05) is 20.6 Å². The lowest BCUT2D eigenvalue weighted by atomic mass is 10.3. The summed E-state index contributed by atoms with van der Waals surface area (Å²) in [5, 5.41) is 6.57. The van der Waals surface area contributed by atoms with Crippen molar-refractivity contribution in [1.29, 1.82) is 0 Å². The Kier molecular flexibility index (Phi) is 5.55. The Bertz CT molecular complexity index is 545. The molecule has 2 rings (SSSR count). The molecule has 0 aliphatic heterocycles. The van der Waals surface area contributed by atoms with Gasteiger partial charge in [0, 0.05) is 36.6 Å². The lowest BCUT2D eigenvalue weighted by Gasteiger charge is -2.21. The normalized spacial score (nSPS) is 11.7. The molecule has 2 heterocycles. The molecular weight excluding hydrogens is 288 g/mol. The molecule has 20 heavy (non-hydrogen) atoms. The fourth-order valence-electron chi connectivity index (χ4n) is 1.86. The Morgan fingerprint density at radius 2 is 2.35 bits per heavy atom. The zero-order valence-corrected chi connectivity index (χ0v) is 13.7. The third-order valence-electron chi connectivity index (χ3n) is 2.91. The van der Waals surface area contributed by atoms with Crippen molar-refractivity contribution in [3.05, 3.63) is 38.5 Å². The van der Waals surface area contributed by atoms with Gasteiger partial charge in [-0.05, 0) is 24.8 Å². The fraction of sp³-hybridized carbons (Fsp3) is 0.429. The number of thiophene rings is 1. The van der Waals surface area contributed by atoms with Gasteiger partial charge in [-0.25, -0.2) is 4.98 Å². The Balaban J connectivity index is 1.81. The number of nitrogens with one attached hydrogen (secondary N) is 1. The highest BCUT2D eigenvalue weighted by molar-refractivity contribution is 7.11. The summed E-state index contributed by atoms with van der Waals surface area (Å²) in [6.07, 6.45) is 2.95. The van der Waals surface area contributed by atoms with Crippen molar-refractivity contribution in [3.63, 3.8) is 0 Å². The van der Waals surface area contributed by atoms with Crippen LogP contribution in [0.1, 0.15) is 14.8 Å². The van der Waals surface area contributed by atoms with E-state index in [1.165, 1.54) is 9.75 Å². The van der Waals surface area contributed by atoms with Gasteiger partial charge < -0.3 is 10.2 Å². The van der Waals surface area contributed by atoms with Crippen molar-refractivity contribution in [1.82, 2.24) is 15.2 Å². The molecule has 6 heteroatoms. The summed E-state index contributed by atoms with van der Waals surface area (Å²) in [5.41, 5.74) is 0. The molecule has 0 saturated heterocycles. The first-order valence-corrected chi connectivity index (χ1v) is 8.24. The molecule has 0 aliphatic rings. The third-order valence-corrected chi connectivity index (χ3v) is 4.76. The number of guanidine groups is 1. The van der Waals surface area contributed by atoms with E-state index in [1.54, 1.807) is 22.7 Å². The van der Waals surface area contributed by atoms with Gasteiger partial charge in [-0.15, -0.1) is 22.7 Å². The minimum atomic E-state index is 0.731. The van der Waals surface area contributed by atoms with Crippen LogP contribution >= 0.6 is 22.7 Å². The second-order valence-electron chi connectivity index (χ2n) is 4.52. The van der Waals surface area contributed by atoms with Gasteiger partial charge in [-0.3, -0.25) is 4.99 Å². The van der Waals surface area contributed by atoms with Crippen LogP contribution in [0.4, 0.5) is 0 Å². The lowest BCUT2D eigenvalue weighted by Crippen LogP contribution is -2.39. The Morgan fingerprint density at radius 1 is 1.50 bits per heavy atom. The van der Waals surface area contributed by atoms with E-state index in [0.29, 0.717) is 0 Å². The molecule has 0 fully saturated rings. The average Bonchev–Trinajstić information content (AvgIpc) is 3.08. The lowest BCUT2D eigenvalue weighted by molar-refractivity contribution is 0.486. The highest BCUT2D eigenvalue weighted by atomic mass is 32.1. The van der Waals surface area contributed by atoms with Crippen molar-refractivity contribution in [2.45, 2.75) is 19.9 Å². The number of nitrogens with zero attached hydrogens (tertiary/aromatic N) is 3. The highest BCUT2D eigenvalue weighted by Crippen LogP contribution is 2.11. The fourth-order valence-corrected chi connectivity index (χ4v) is 3.29. The molecule has 0 radical (unpaired) electrons. The van der Waals surface area contributed by atoms with E-state index in [2.05, 4.69) is 51.7 Å². The maximum atomic E-state index is 4.35. The average molecular weight is 308 g/mol. The van der Waals surface area contributed by atoms with Gasteiger partial charge in [0.05, 0.1) is 6.54 Å². The van der Waals surface area contributed by atoms with Gasteiger partial charge in [-0.2, -0.15) is 0 Å². The van der Waals surface area contributed by atoms with Crippen LogP contribution in [0.15, 0.2) is 28.7 Å². The van der Waals surface area contributed by atoms with E-state index in [-0.39, 0.29) is 0 Å². The topological polar surface area (TPSA) is 40.5 Å². The molecule has 0 aromatic carbocycles. The summed E-state index contributed by atoms with van der Waals surface area (Å²) in [7, 11) is 3.88. The highest BCUT2D eigenvalue weighted by Gasteiger charge is 2.07. The van der Waals surface area contributed by atoms with E-state index in [1.807, 2.05) is 13.2 Å². The summed E-state index contributed by atoms with van der Waals surface area (Å²) < 4.78 is 0. The Labute approximate surface area is 128 Å². The number of aromatic nitrogens is 1. The molecule has 0 unspecified atom stereocenters. The molecule has 0 amide bonds. The summed E-state index contributed by atoms with van der Waals surface area (Å²) in [5.74, 6) is 0.911. The van der Waals surface area contributed by atoms with E-state index in [9.17, 15) is 0 Å². The van der Waals surface area contributed by atoms with Gasteiger partial charge in [0.25, 0.3) is 0 Å². The summed E-state index contributed by atoms with van der Waals surface area (Å²) >= 11 is 3.52. The predicted molar refractivity (Wildman–Crippen MR) is 87.7 cm³/mol. The first-order chi connectivity index (χ1) is 9.69. The van der Waals surface area contributed by atoms with E-state index >= 15 is 0 Å². The number of aliphatic imine (C=N–C) groups is 1. The van der Waals surface area contributed by atoms with Gasteiger partial charge >= 0.3 is 0 Å². The van der Waals surface area contributed by atoms with Gasteiger partial charge in [0.2, 0.25) is 0 Å². The van der Waals surface area contributed by atoms with Crippen LogP contribution in [0, 0.1) is 6.92 Å². The molecule has 2 aromatic rings.